The molecule has 2 aromatic rings. The van der Waals surface area contributed by atoms with Crippen molar-refractivity contribution in [1.29, 1.82) is 0 Å². The van der Waals surface area contributed by atoms with E-state index in [4.69, 9.17) is 9.84 Å². The van der Waals surface area contributed by atoms with Gasteiger partial charge in [-0.1, -0.05) is 61.4 Å². The summed E-state index contributed by atoms with van der Waals surface area (Å²) in [5, 5.41) is 14.4. The number of carboxylic acids is 1. The highest BCUT2D eigenvalue weighted by Gasteiger charge is 2.38. The van der Waals surface area contributed by atoms with Gasteiger partial charge in [0.2, 0.25) is 5.91 Å². The summed E-state index contributed by atoms with van der Waals surface area (Å²) in [6.07, 6.45) is 4.56. The molecule has 180 valence electrons. The monoisotopic (exact) mass is 464 g/mol. The van der Waals surface area contributed by atoms with Crippen LogP contribution >= 0.6 is 0 Å². The Morgan fingerprint density at radius 2 is 1.53 bits per heavy atom. The van der Waals surface area contributed by atoms with Gasteiger partial charge in [0, 0.05) is 18.9 Å². The van der Waals surface area contributed by atoms with E-state index in [2.05, 4.69) is 34.9 Å². The minimum atomic E-state index is -0.778. The molecule has 3 N–H and O–H groups in total. The lowest BCUT2D eigenvalue weighted by Gasteiger charge is -2.19. The second-order valence-corrected chi connectivity index (χ2v) is 9.13. The number of carbonyl (C=O) groups excluding carboxylic acids is 2. The van der Waals surface area contributed by atoms with Crippen LogP contribution < -0.4 is 10.6 Å². The average molecular weight is 465 g/mol. The topological polar surface area (TPSA) is 105 Å². The van der Waals surface area contributed by atoms with Gasteiger partial charge < -0.3 is 20.5 Å². The number of rotatable bonds is 12. The molecule has 0 spiro atoms. The summed E-state index contributed by atoms with van der Waals surface area (Å²) in [7, 11) is 0. The summed E-state index contributed by atoms with van der Waals surface area (Å²) in [4.78, 5) is 35.8. The molecule has 2 aliphatic carbocycles. The molecule has 2 aromatic carbocycles. The van der Waals surface area contributed by atoms with Gasteiger partial charge in [-0.25, -0.2) is 4.79 Å². The largest absolute Gasteiger partial charge is 0.481 e. The second-order valence-electron chi connectivity index (χ2n) is 9.13. The van der Waals surface area contributed by atoms with Gasteiger partial charge in [0.05, 0.1) is 0 Å². The van der Waals surface area contributed by atoms with Gasteiger partial charge in [-0.05, 0) is 53.9 Å². The molecule has 4 rings (SSSR count). The fraction of sp³-hybridized carbons (Fsp3) is 0.444. The van der Waals surface area contributed by atoms with E-state index in [-0.39, 0.29) is 30.8 Å². The van der Waals surface area contributed by atoms with Crippen molar-refractivity contribution >= 4 is 18.0 Å². The molecule has 0 radical (unpaired) electrons. The first-order valence-corrected chi connectivity index (χ1v) is 12.2. The van der Waals surface area contributed by atoms with E-state index in [9.17, 15) is 14.4 Å². The summed E-state index contributed by atoms with van der Waals surface area (Å²) in [5.41, 5.74) is 4.64. The van der Waals surface area contributed by atoms with Crippen LogP contribution in [0.1, 0.15) is 62.0 Å². The Bertz CT molecular complexity index is 988. The molecule has 0 saturated heterocycles. The van der Waals surface area contributed by atoms with Crippen LogP contribution in [-0.4, -0.2) is 42.3 Å². The minimum absolute atomic E-state index is 0.0209. The Morgan fingerprint density at radius 3 is 2.15 bits per heavy atom. The SMILES string of the molecule is O=C(O)CCCCCCNC(=O)C(NC(=O)OCC1c2ccccc2-c2ccccc21)C1CC1. The Morgan fingerprint density at radius 1 is 0.912 bits per heavy atom. The lowest BCUT2D eigenvalue weighted by Crippen LogP contribution is -2.48. The molecule has 1 saturated carbocycles. The van der Waals surface area contributed by atoms with E-state index < -0.39 is 18.1 Å². The molecular formula is C27H32N2O5. The number of ether oxygens (including phenoxy) is 1. The molecule has 2 aliphatic rings. The summed E-state index contributed by atoms with van der Waals surface area (Å²) in [6, 6.07) is 15.8. The first-order valence-electron chi connectivity index (χ1n) is 12.2. The summed E-state index contributed by atoms with van der Waals surface area (Å²) < 4.78 is 5.61. The Hall–Kier alpha value is -3.35. The van der Waals surface area contributed by atoms with Crippen molar-refractivity contribution < 1.29 is 24.2 Å². The number of alkyl carbamates (subject to hydrolysis) is 1. The molecule has 2 amide bonds. The maximum atomic E-state index is 12.7. The first-order chi connectivity index (χ1) is 16.5. The fourth-order valence-electron chi connectivity index (χ4n) is 4.67. The zero-order valence-corrected chi connectivity index (χ0v) is 19.3. The molecular weight excluding hydrogens is 432 g/mol. The van der Waals surface area contributed by atoms with E-state index in [1.807, 2.05) is 24.3 Å². The summed E-state index contributed by atoms with van der Waals surface area (Å²) in [6.45, 7) is 0.733. The Labute approximate surface area is 199 Å². The van der Waals surface area contributed by atoms with Gasteiger partial charge >= 0.3 is 12.1 Å². The van der Waals surface area contributed by atoms with Crippen LogP contribution in [0.25, 0.3) is 11.1 Å². The molecule has 1 unspecified atom stereocenters. The quantitative estimate of drug-likeness (QED) is 0.403. The van der Waals surface area contributed by atoms with E-state index >= 15 is 0 Å². The highest BCUT2D eigenvalue weighted by molar-refractivity contribution is 5.86. The van der Waals surface area contributed by atoms with Crippen LogP contribution in [0.3, 0.4) is 0 Å². The van der Waals surface area contributed by atoms with Gasteiger partial charge in [0.15, 0.2) is 0 Å². The van der Waals surface area contributed by atoms with Crippen LogP contribution in [0.5, 0.6) is 0 Å². The van der Waals surface area contributed by atoms with E-state index in [1.54, 1.807) is 0 Å². The van der Waals surface area contributed by atoms with Crippen LogP contribution in [-0.2, 0) is 14.3 Å². The van der Waals surface area contributed by atoms with E-state index in [0.29, 0.717) is 13.0 Å². The summed E-state index contributed by atoms with van der Waals surface area (Å²) in [5.74, 6) is -0.829. The molecule has 1 atom stereocenters. The van der Waals surface area contributed by atoms with Crippen molar-refractivity contribution in [3.05, 3.63) is 59.7 Å². The first kappa shape index (κ1) is 23.8. The van der Waals surface area contributed by atoms with Crippen LogP contribution in [0.2, 0.25) is 0 Å². The average Bonchev–Trinajstić information content (AvgIpc) is 3.63. The number of nitrogens with one attached hydrogen (secondary N) is 2. The number of unbranched alkanes of at least 4 members (excludes halogenated alkanes) is 3. The zero-order valence-electron chi connectivity index (χ0n) is 19.3. The lowest BCUT2D eigenvalue weighted by atomic mass is 9.98. The third-order valence-corrected chi connectivity index (χ3v) is 6.61. The molecule has 0 aliphatic heterocycles. The molecule has 0 aromatic heterocycles. The third-order valence-electron chi connectivity index (χ3n) is 6.61. The van der Waals surface area contributed by atoms with Gasteiger partial charge in [-0.15, -0.1) is 0 Å². The highest BCUT2D eigenvalue weighted by atomic mass is 16.5. The van der Waals surface area contributed by atoms with Crippen molar-refractivity contribution in [1.82, 2.24) is 10.6 Å². The number of hydrogen-bond acceptors (Lipinski definition) is 4. The molecule has 1 fully saturated rings. The zero-order chi connectivity index (χ0) is 23.9. The predicted octanol–water partition coefficient (Wildman–Crippen LogP) is 4.46. The van der Waals surface area contributed by atoms with Crippen molar-refractivity contribution in [2.75, 3.05) is 13.2 Å². The fourth-order valence-corrected chi connectivity index (χ4v) is 4.67. The Kier molecular flexibility index (Phi) is 7.83. The van der Waals surface area contributed by atoms with Crippen LogP contribution in [0, 0.1) is 5.92 Å². The number of aliphatic carboxylic acids is 1. The van der Waals surface area contributed by atoms with Crippen molar-refractivity contribution in [2.24, 2.45) is 5.92 Å². The maximum Gasteiger partial charge on any atom is 0.407 e. The third kappa shape index (κ3) is 5.95. The van der Waals surface area contributed by atoms with Gasteiger partial charge in [0.25, 0.3) is 0 Å². The summed E-state index contributed by atoms with van der Waals surface area (Å²) >= 11 is 0. The molecule has 0 bridgehead atoms. The normalized spacial score (nSPS) is 15.2. The lowest BCUT2D eigenvalue weighted by molar-refractivity contribution is -0.137. The Balaban J connectivity index is 1.25. The number of amides is 2. The number of hydrogen-bond donors (Lipinski definition) is 3. The predicted molar refractivity (Wildman–Crippen MR) is 128 cm³/mol. The van der Waals surface area contributed by atoms with Gasteiger partial charge in [-0.2, -0.15) is 0 Å². The number of carboxylic acid groups (broad SMARTS) is 1. The number of fused-ring (bicyclic) bond motifs is 3. The molecule has 7 heteroatoms. The smallest absolute Gasteiger partial charge is 0.407 e. The maximum absolute atomic E-state index is 12.7. The highest BCUT2D eigenvalue weighted by Crippen LogP contribution is 2.44. The molecule has 0 heterocycles. The van der Waals surface area contributed by atoms with E-state index in [1.165, 1.54) is 11.1 Å². The van der Waals surface area contributed by atoms with Gasteiger partial charge in [-0.3, -0.25) is 9.59 Å². The number of carbonyl (C=O) groups is 3. The van der Waals surface area contributed by atoms with Crippen molar-refractivity contribution in [3.63, 3.8) is 0 Å². The molecule has 7 nitrogen and oxygen atoms in total. The molecule has 34 heavy (non-hydrogen) atoms. The standard InChI is InChI=1S/C27H32N2O5/c30-24(31)13-3-1-2-8-16-28-26(32)25(18-14-15-18)29-27(33)34-17-23-21-11-6-4-9-19(21)20-10-5-7-12-22(20)23/h4-7,9-12,18,23,25H,1-3,8,13-17H2,(H,28,32)(H,29,33)(H,30,31). The van der Waals surface area contributed by atoms with E-state index in [0.717, 1.165) is 43.2 Å². The van der Waals surface area contributed by atoms with Crippen molar-refractivity contribution in [2.45, 2.75) is 56.9 Å². The van der Waals surface area contributed by atoms with Crippen LogP contribution in [0.15, 0.2) is 48.5 Å². The minimum Gasteiger partial charge on any atom is -0.481 e. The van der Waals surface area contributed by atoms with Gasteiger partial charge in [0.1, 0.15) is 12.6 Å². The van der Waals surface area contributed by atoms with Crippen molar-refractivity contribution in [3.8, 4) is 11.1 Å². The second kappa shape index (κ2) is 11.2. The number of benzene rings is 2. The van der Waals surface area contributed by atoms with Crippen LogP contribution in [0.4, 0.5) is 4.79 Å².